The summed E-state index contributed by atoms with van der Waals surface area (Å²) in [6.07, 6.45) is -0.249. The Kier molecular flexibility index (Phi) is 5.26. The molecule has 4 heteroatoms. The van der Waals surface area contributed by atoms with Crippen molar-refractivity contribution in [3.63, 3.8) is 0 Å². The molecule has 0 rings (SSSR count). The normalized spacial score (nSPS) is 10.6. The van der Waals surface area contributed by atoms with Crippen LogP contribution in [0, 0.1) is 11.8 Å². The van der Waals surface area contributed by atoms with Crippen molar-refractivity contribution in [1.29, 1.82) is 0 Å². The van der Waals surface area contributed by atoms with E-state index < -0.39 is 6.10 Å². The largest absolute Gasteiger partial charge is 0.380 e. The van der Waals surface area contributed by atoms with Crippen molar-refractivity contribution in [3.8, 4) is 11.8 Å². The molecule has 10 heavy (non-hydrogen) atoms. The first-order valence-corrected chi connectivity index (χ1v) is 2.92. The minimum absolute atomic E-state index is 0.298. The standard InChI is InChI=1S/C6H9N3O/c1-2-3-6(10)4-5-8-9-7/h6,10H,4-5H2,1H3. The van der Waals surface area contributed by atoms with Gasteiger partial charge in [-0.05, 0) is 18.9 Å². The summed E-state index contributed by atoms with van der Waals surface area (Å²) in [5.41, 5.74) is 7.85. The Hall–Kier alpha value is -1.17. The Morgan fingerprint density at radius 3 is 3.00 bits per heavy atom. The molecule has 0 aromatic rings. The van der Waals surface area contributed by atoms with E-state index in [-0.39, 0.29) is 0 Å². The van der Waals surface area contributed by atoms with Gasteiger partial charge in [-0.25, -0.2) is 0 Å². The lowest BCUT2D eigenvalue weighted by molar-refractivity contribution is 0.225. The number of hydrogen-bond donors (Lipinski definition) is 1. The van der Waals surface area contributed by atoms with Crippen molar-refractivity contribution < 1.29 is 5.11 Å². The van der Waals surface area contributed by atoms with Crippen LogP contribution in [0.25, 0.3) is 10.4 Å². The molecule has 54 valence electrons. The predicted octanol–water partition coefficient (Wildman–Crippen LogP) is 1.07. The highest BCUT2D eigenvalue weighted by molar-refractivity contribution is 5.01. The lowest BCUT2D eigenvalue weighted by Crippen LogP contribution is -2.03. The van der Waals surface area contributed by atoms with Crippen molar-refractivity contribution in [2.24, 2.45) is 5.11 Å². The average molecular weight is 139 g/mol. The molecule has 4 nitrogen and oxygen atoms in total. The van der Waals surface area contributed by atoms with Crippen LogP contribution in [0.5, 0.6) is 0 Å². The number of hydrogen-bond acceptors (Lipinski definition) is 2. The summed E-state index contributed by atoms with van der Waals surface area (Å²) in [6.45, 7) is 1.95. The molecule has 0 saturated heterocycles. The fourth-order valence-electron chi connectivity index (χ4n) is 0.464. The lowest BCUT2D eigenvalue weighted by atomic mass is 10.2. The van der Waals surface area contributed by atoms with Gasteiger partial charge in [0, 0.05) is 11.5 Å². The van der Waals surface area contributed by atoms with Gasteiger partial charge in [-0.2, -0.15) is 0 Å². The highest BCUT2D eigenvalue weighted by atomic mass is 16.3. The summed E-state index contributed by atoms with van der Waals surface area (Å²) < 4.78 is 0. The fraction of sp³-hybridized carbons (Fsp3) is 0.667. The van der Waals surface area contributed by atoms with Crippen LogP contribution in [0.3, 0.4) is 0 Å². The minimum Gasteiger partial charge on any atom is -0.380 e. The van der Waals surface area contributed by atoms with Crippen LogP contribution in [0.15, 0.2) is 5.11 Å². The Morgan fingerprint density at radius 2 is 2.50 bits per heavy atom. The van der Waals surface area contributed by atoms with Gasteiger partial charge in [-0.15, -0.1) is 5.92 Å². The summed E-state index contributed by atoms with van der Waals surface area (Å²) in [5, 5.41) is 12.2. The summed E-state index contributed by atoms with van der Waals surface area (Å²) in [4.78, 5) is 2.53. The second kappa shape index (κ2) is 5.96. The molecule has 0 fully saturated rings. The maximum absolute atomic E-state index is 8.92. The SMILES string of the molecule is CC#CC(O)CCN=[N+]=[N-]. The molecule has 0 bridgehead atoms. The third-order valence-corrected chi connectivity index (χ3v) is 0.877. The van der Waals surface area contributed by atoms with Crippen LogP contribution in [0.4, 0.5) is 0 Å². The lowest BCUT2D eigenvalue weighted by Gasteiger charge is -1.96. The molecule has 0 aromatic carbocycles. The van der Waals surface area contributed by atoms with E-state index in [9.17, 15) is 0 Å². The predicted molar refractivity (Wildman–Crippen MR) is 38.1 cm³/mol. The first-order chi connectivity index (χ1) is 4.81. The highest BCUT2D eigenvalue weighted by Gasteiger charge is 1.94. The quantitative estimate of drug-likeness (QED) is 0.270. The maximum Gasteiger partial charge on any atom is 0.114 e. The van der Waals surface area contributed by atoms with Gasteiger partial charge in [-0.1, -0.05) is 11.0 Å². The van der Waals surface area contributed by atoms with Gasteiger partial charge < -0.3 is 5.11 Å². The fourth-order valence-corrected chi connectivity index (χ4v) is 0.464. The second-order valence-corrected chi connectivity index (χ2v) is 1.65. The van der Waals surface area contributed by atoms with Gasteiger partial charge in [-0.3, -0.25) is 0 Å². The van der Waals surface area contributed by atoms with E-state index in [1.807, 2.05) is 0 Å². The summed E-state index contributed by atoms with van der Waals surface area (Å²) in [7, 11) is 0. The molecule has 0 aliphatic carbocycles. The zero-order valence-corrected chi connectivity index (χ0v) is 5.78. The zero-order chi connectivity index (χ0) is 7.82. The van der Waals surface area contributed by atoms with E-state index in [4.69, 9.17) is 10.6 Å². The Labute approximate surface area is 59.5 Å². The van der Waals surface area contributed by atoms with Gasteiger partial charge in [0.25, 0.3) is 0 Å². The Balaban J connectivity index is 3.45. The molecule has 1 N–H and O–H groups in total. The topological polar surface area (TPSA) is 69.0 Å². The average Bonchev–Trinajstić information content (AvgIpc) is 1.89. The highest BCUT2D eigenvalue weighted by Crippen LogP contribution is 1.89. The van der Waals surface area contributed by atoms with Gasteiger partial charge >= 0.3 is 0 Å². The molecule has 1 atom stereocenters. The number of nitrogens with zero attached hydrogens (tertiary/aromatic N) is 3. The van der Waals surface area contributed by atoms with E-state index in [2.05, 4.69) is 21.9 Å². The second-order valence-electron chi connectivity index (χ2n) is 1.65. The molecule has 0 spiro atoms. The molecule has 1 unspecified atom stereocenters. The van der Waals surface area contributed by atoms with Crippen LogP contribution in [0.1, 0.15) is 13.3 Å². The van der Waals surface area contributed by atoms with Crippen molar-refractivity contribution in [2.75, 3.05) is 6.54 Å². The van der Waals surface area contributed by atoms with Crippen LogP contribution in [-0.4, -0.2) is 17.8 Å². The maximum atomic E-state index is 8.92. The molecular formula is C6H9N3O. The minimum atomic E-state index is -0.657. The van der Waals surface area contributed by atoms with Crippen molar-refractivity contribution in [2.45, 2.75) is 19.4 Å². The molecule has 0 heterocycles. The molecule has 0 aliphatic rings. The molecule has 0 amide bonds. The van der Waals surface area contributed by atoms with E-state index >= 15 is 0 Å². The first-order valence-electron chi connectivity index (χ1n) is 2.92. The summed E-state index contributed by atoms with van der Waals surface area (Å²) >= 11 is 0. The van der Waals surface area contributed by atoms with Crippen LogP contribution in [-0.2, 0) is 0 Å². The van der Waals surface area contributed by atoms with Gasteiger partial charge in [0.15, 0.2) is 0 Å². The van der Waals surface area contributed by atoms with E-state index in [0.29, 0.717) is 13.0 Å². The third kappa shape index (κ3) is 4.98. The first kappa shape index (κ1) is 8.83. The molecule has 0 saturated carbocycles. The van der Waals surface area contributed by atoms with Gasteiger partial charge in [0.05, 0.1) is 0 Å². The number of azide groups is 1. The number of aliphatic hydroxyl groups is 1. The van der Waals surface area contributed by atoms with Crippen molar-refractivity contribution in [3.05, 3.63) is 10.4 Å². The van der Waals surface area contributed by atoms with Crippen molar-refractivity contribution >= 4 is 0 Å². The van der Waals surface area contributed by atoms with Crippen molar-refractivity contribution in [1.82, 2.24) is 0 Å². The Morgan fingerprint density at radius 1 is 1.80 bits per heavy atom. The number of aliphatic hydroxyl groups excluding tert-OH is 1. The molecule has 0 aliphatic heterocycles. The molecular weight excluding hydrogens is 130 g/mol. The van der Waals surface area contributed by atoms with Crippen LogP contribution < -0.4 is 0 Å². The number of rotatable bonds is 3. The smallest absolute Gasteiger partial charge is 0.114 e. The molecule has 0 radical (unpaired) electrons. The van der Waals surface area contributed by atoms with Crippen LogP contribution in [0.2, 0.25) is 0 Å². The molecule has 0 aromatic heterocycles. The van der Waals surface area contributed by atoms with E-state index in [1.165, 1.54) is 0 Å². The van der Waals surface area contributed by atoms with Crippen LogP contribution >= 0.6 is 0 Å². The van der Waals surface area contributed by atoms with E-state index in [0.717, 1.165) is 0 Å². The van der Waals surface area contributed by atoms with E-state index in [1.54, 1.807) is 6.92 Å². The van der Waals surface area contributed by atoms with Gasteiger partial charge in [0.1, 0.15) is 6.10 Å². The third-order valence-electron chi connectivity index (χ3n) is 0.877. The Bertz CT molecular complexity index is 185. The zero-order valence-electron chi connectivity index (χ0n) is 5.78. The summed E-state index contributed by atoms with van der Waals surface area (Å²) in [5.74, 6) is 5.09. The summed E-state index contributed by atoms with van der Waals surface area (Å²) in [6, 6.07) is 0. The van der Waals surface area contributed by atoms with Gasteiger partial charge in [0.2, 0.25) is 0 Å². The monoisotopic (exact) mass is 139 g/mol.